The van der Waals surface area contributed by atoms with Crippen LogP contribution in [0.4, 0.5) is 4.39 Å². The predicted molar refractivity (Wildman–Crippen MR) is 117 cm³/mol. The molecule has 0 N–H and O–H groups in total. The molecule has 0 amide bonds. The van der Waals surface area contributed by atoms with Crippen molar-refractivity contribution < 1.29 is 9.18 Å². The van der Waals surface area contributed by atoms with Crippen LogP contribution in [0.3, 0.4) is 0 Å². The highest BCUT2D eigenvalue weighted by Gasteiger charge is 2.22. The maximum atomic E-state index is 14.7. The Hall–Kier alpha value is -3.20. The molecule has 2 nitrogen and oxygen atoms in total. The van der Waals surface area contributed by atoms with E-state index in [4.69, 9.17) is 0 Å². The fourth-order valence-corrected chi connectivity index (χ4v) is 3.90. The summed E-state index contributed by atoms with van der Waals surface area (Å²) in [5, 5.41) is 1.94. The van der Waals surface area contributed by atoms with Gasteiger partial charge in [0.05, 0.1) is 5.69 Å². The number of carbonyl (C=O) groups excluding carboxylic acids is 1. The number of fused-ring (bicyclic) bond motifs is 1. The molecule has 0 fully saturated rings. The standard InChI is InChI=1S/C26H24FNO/c1-2-3-8-17-28-18-16-23(25(28)22-13-6-7-15-24(22)27)26(29)21-14-9-11-19-10-4-5-12-20(19)21/h4-7,9-16,18H,2-3,8,17H2,1H3. The van der Waals surface area contributed by atoms with E-state index in [1.54, 1.807) is 12.1 Å². The molecule has 29 heavy (non-hydrogen) atoms. The molecule has 3 heteroatoms. The van der Waals surface area contributed by atoms with Crippen LogP contribution in [0.1, 0.15) is 42.1 Å². The molecule has 0 saturated carbocycles. The van der Waals surface area contributed by atoms with Gasteiger partial charge >= 0.3 is 0 Å². The normalized spacial score (nSPS) is 11.1. The summed E-state index contributed by atoms with van der Waals surface area (Å²) in [5.41, 5.74) is 2.32. The molecule has 0 radical (unpaired) electrons. The van der Waals surface area contributed by atoms with Gasteiger partial charge in [-0.2, -0.15) is 0 Å². The number of unbranched alkanes of at least 4 members (excludes halogenated alkanes) is 2. The molecule has 4 rings (SSSR count). The maximum Gasteiger partial charge on any atom is 0.195 e. The second kappa shape index (κ2) is 8.44. The SMILES string of the molecule is CCCCCn1ccc(C(=O)c2cccc3ccccc23)c1-c1ccccc1F. The largest absolute Gasteiger partial charge is 0.347 e. The minimum Gasteiger partial charge on any atom is -0.347 e. The lowest BCUT2D eigenvalue weighted by Crippen LogP contribution is -2.07. The predicted octanol–water partition coefficient (Wildman–Crippen LogP) is 6.87. The van der Waals surface area contributed by atoms with Crippen molar-refractivity contribution in [3.8, 4) is 11.3 Å². The van der Waals surface area contributed by atoms with E-state index >= 15 is 0 Å². The Morgan fingerprint density at radius 1 is 0.862 bits per heavy atom. The summed E-state index contributed by atoms with van der Waals surface area (Å²) >= 11 is 0. The van der Waals surface area contributed by atoms with Crippen molar-refractivity contribution in [2.45, 2.75) is 32.7 Å². The van der Waals surface area contributed by atoms with Crippen molar-refractivity contribution in [3.63, 3.8) is 0 Å². The summed E-state index contributed by atoms with van der Waals surface area (Å²) in [6, 6.07) is 22.1. The van der Waals surface area contributed by atoms with Crippen LogP contribution in [0, 0.1) is 5.82 Å². The first-order chi connectivity index (χ1) is 14.2. The number of aromatic nitrogens is 1. The van der Waals surface area contributed by atoms with Crippen molar-refractivity contribution in [3.05, 3.63) is 95.9 Å². The number of nitrogens with zero attached hydrogens (tertiary/aromatic N) is 1. The lowest BCUT2D eigenvalue weighted by molar-refractivity contribution is 0.104. The number of hydrogen-bond acceptors (Lipinski definition) is 1. The first-order valence-corrected chi connectivity index (χ1v) is 10.2. The molecular weight excluding hydrogens is 361 g/mol. The van der Waals surface area contributed by atoms with E-state index in [1.807, 2.05) is 65.4 Å². The van der Waals surface area contributed by atoms with Crippen molar-refractivity contribution in [1.29, 1.82) is 0 Å². The zero-order chi connectivity index (χ0) is 20.2. The Labute approximate surface area is 170 Å². The molecule has 0 aliphatic heterocycles. The molecule has 3 aromatic carbocycles. The zero-order valence-electron chi connectivity index (χ0n) is 16.6. The monoisotopic (exact) mass is 385 g/mol. The van der Waals surface area contributed by atoms with Gasteiger partial charge in [-0.3, -0.25) is 4.79 Å². The van der Waals surface area contributed by atoms with Crippen LogP contribution in [0.5, 0.6) is 0 Å². The Bertz CT molecular complexity index is 1150. The Morgan fingerprint density at radius 2 is 1.62 bits per heavy atom. The fourth-order valence-electron chi connectivity index (χ4n) is 3.90. The number of hydrogen-bond donors (Lipinski definition) is 0. The number of benzene rings is 3. The smallest absolute Gasteiger partial charge is 0.195 e. The van der Waals surface area contributed by atoms with Gasteiger partial charge in [0, 0.05) is 29.4 Å². The summed E-state index contributed by atoms with van der Waals surface area (Å²) in [7, 11) is 0. The average molecular weight is 385 g/mol. The van der Waals surface area contributed by atoms with E-state index in [2.05, 4.69) is 6.92 Å². The Balaban J connectivity index is 1.85. The van der Waals surface area contributed by atoms with E-state index in [9.17, 15) is 9.18 Å². The Kier molecular flexibility index (Phi) is 5.57. The number of aryl methyl sites for hydroxylation is 1. The maximum absolute atomic E-state index is 14.7. The van der Waals surface area contributed by atoms with Crippen LogP contribution < -0.4 is 0 Å². The molecule has 0 saturated heterocycles. The van der Waals surface area contributed by atoms with Crippen LogP contribution in [0.2, 0.25) is 0 Å². The summed E-state index contributed by atoms with van der Waals surface area (Å²) in [4.78, 5) is 13.6. The lowest BCUT2D eigenvalue weighted by Gasteiger charge is -2.13. The van der Waals surface area contributed by atoms with E-state index in [-0.39, 0.29) is 11.6 Å². The molecule has 0 spiro atoms. The van der Waals surface area contributed by atoms with Gasteiger partial charge in [-0.1, -0.05) is 74.4 Å². The van der Waals surface area contributed by atoms with Crippen LogP contribution >= 0.6 is 0 Å². The van der Waals surface area contributed by atoms with Gasteiger partial charge in [0.15, 0.2) is 5.78 Å². The first kappa shape index (κ1) is 19.1. The van der Waals surface area contributed by atoms with E-state index < -0.39 is 0 Å². The van der Waals surface area contributed by atoms with E-state index in [1.165, 1.54) is 6.07 Å². The Morgan fingerprint density at radius 3 is 2.45 bits per heavy atom. The van der Waals surface area contributed by atoms with Crippen molar-refractivity contribution in [2.75, 3.05) is 0 Å². The molecule has 146 valence electrons. The van der Waals surface area contributed by atoms with Gasteiger partial charge in [-0.15, -0.1) is 0 Å². The van der Waals surface area contributed by atoms with Crippen molar-refractivity contribution in [2.24, 2.45) is 0 Å². The minimum atomic E-state index is -0.310. The highest BCUT2D eigenvalue weighted by atomic mass is 19.1. The summed E-state index contributed by atoms with van der Waals surface area (Å²) in [6.45, 7) is 2.92. The average Bonchev–Trinajstić information content (AvgIpc) is 3.17. The minimum absolute atomic E-state index is 0.0747. The summed E-state index contributed by atoms with van der Waals surface area (Å²) < 4.78 is 16.7. The molecule has 0 atom stereocenters. The molecule has 4 aromatic rings. The van der Waals surface area contributed by atoms with Gasteiger partial charge in [-0.25, -0.2) is 4.39 Å². The molecule has 0 aliphatic carbocycles. The molecule has 0 bridgehead atoms. The summed E-state index contributed by atoms with van der Waals surface area (Å²) in [6.07, 6.45) is 5.11. The topological polar surface area (TPSA) is 22.0 Å². The summed E-state index contributed by atoms with van der Waals surface area (Å²) in [5.74, 6) is -0.385. The number of rotatable bonds is 7. The second-order valence-electron chi connectivity index (χ2n) is 7.31. The zero-order valence-corrected chi connectivity index (χ0v) is 16.6. The van der Waals surface area contributed by atoms with Gasteiger partial charge in [-0.05, 0) is 35.4 Å². The molecule has 1 heterocycles. The van der Waals surface area contributed by atoms with Gasteiger partial charge in [0.1, 0.15) is 5.82 Å². The quantitative estimate of drug-likeness (QED) is 0.251. The molecule has 1 aromatic heterocycles. The molecule has 0 aliphatic rings. The lowest BCUT2D eigenvalue weighted by atomic mass is 9.95. The van der Waals surface area contributed by atoms with Crippen LogP contribution in [-0.4, -0.2) is 10.4 Å². The number of ketones is 1. The van der Waals surface area contributed by atoms with Gasteiger partial charge in [0.2, 0.25) is 0 Å². The fraction of sp³-hybridized carbons (Fsp3) is 0.192. The van der Waals surface area contributed by atoms with Crippen LogP contribution in [-0.2, 0) is 6.54 Å². The third kappa shape index (κ3) is 3.73. The molecular formula is C26H24FNO. The van der Waals surface area contributed by atoms with E-state index in [0.717, 1.165) is 36.6 Å². The second-order valence-corrected chi connectivity index (χ2v) is 7.31. The first-order valence-electron chi connectivity index (χ1n) is 10.2. The highest BCUT2D eigenvalue weighted by molar-refractivity contribution is 6.18. The third-order valence-corrected chi connectivity index (χ3v) is 5.37. The van der Waals surface area contributed by atoms with Crippen molar-refractivity contribution in [1.82, 2.24) is 4.57 Å². The van der Waals surface area contributed by atoms with Gasteiger partial charge < -0.3 is 4.57 Å². The number of halogens is 1. The highest BCUT2D eigenvalue weighted by Crippen LogP contribution is 2.31. The van der Waals surface area contributed by atoms with Crippen LogP contribution in [0.25, 0.3) is 22.0 Å². The van der Waals surface area contributed by atoms with Crippen LogP contribution in [0.15, 0.2) is 79.0 Å². The van der Waals surface area contributed by atoms with Crippen molar-refractivity contribution >= 4 is 16.6 Å². The van der Waals surface area contributed by atoms with E-state index in [0.29, 0.717) is 22.4 Å². The third-order valence-electron chi connectivity index (χ3n) is 5.37. The molecule has 0 unspecified atom stereocenters. The number of carbonyl (C=O) groups is 1. The van der Waals surface area contributed by atoms with Gasteiger partial charge in [0.25, 0.3) is 0 Å².